The number of anilines is 1. The van der Waals surface area contributed by atoms with Crippen LogP contribution in [0.5, 0.6) is 0 Å². The highest BCUT2D eigenvalue weighted by Gasteiger charge is 2.10. The number of allylic oxidation sites excluding steroid dienone is 4. The van der Waals surface area contributed by atoms with Gasteiger partial charge in [0.1, 0.15) is 7.85 Å². The van der Waals surface area contributed by atoms with E-state index in [9.17, 15) is 5.02 Å². The summed E-state index contributed by atoms with van der Waals surface area (Å²) in [4.78, 5) is 0. The molecule has 0 spiro atoms. The van der Waals surface area contributed by atoms with E-state index in [1.54, 1.807) is 0 Å². The molecule has 2 aromatic rings. The Hall–Kier alpha value is -2.19. The van der Waals surface area contributed by atoms with Gasteiger partial charge in [0.25, 0.3) is 0 Å². The first kappa shape index (κ1) is 16.2. The van der Waals surface area contributed by atoms with Gasteiger partial charge in [0.15, 0.2) is 0 Å². The lowest BCUT2D eigenvalue weighted by atomic mass is 9.80. The quantitative estimate of drug-likeness (QED) is 0.503. The Labute approximate surface area is 134 Å². The molecule has 0 unspecified atom stereocenters. The summed E-state index contributed by atoms with van der Waals surface area (Å²) in [5.74, 6) is 0. The predicted octanol–water partition coefficient (Wildman–Crippen LogP) is 2.34. The molecule has 0 aliphatic heterocycles. The first-order valence-corrected chi connectivity index (χ1v) is 7.19. The van der Waals surface area contributed by atoms with E-state index in [1.165, 1.54) is 0 Å². The Morgan fingerprint density at radius 1 is 1.18 bits per heavy atom. The van der Waals surface area contributed by atoms with Crippen LogP contribution in [0, 0.1) is 0 Å². The fraction of sp³-hybridized carbons (Fsp3) is 0.111. The highest BCUT2D eigenvalue weighted by molar-refractivity contribution is 6.48. The van der Waals surface area contributed by atoms with E-state index in [2.05, 4.69) is 0 Å². The van der Waals surface area contributed by atoms with E-state index >= 15 is 0 Å². The van der Waals surface area contributed by atoms with Crippen molar-refractivity contribution in [2.45, 2.75) is 13.3 Å². The Morgan fingerprint density at radius 2 is 1.91 bits per heavy atom. The van der Waals surface area contributed by atoms with Crippen LogP contribution in [0.4, 0.5) is 5.69 Å². The van der Waals surface area contributed by atoms with Crippen LogP contribution in [0.2, 0.25) is 0 Å². The van der Waals surface area contributed by atoms with Crippen molar-refractivity contribution in [3.63, 3.8) is 0 Å². The van der Waals surface area contributed by atoms with E-state index in [0.29, 0.717) is 12.1 Å². The van der Waals surface area contributed by atoms with Crippen molar-refractivity contribution >= 4 is 26.5 Å². The number of hydrogen-bond donors (Lipinski definition) is 2. The molecule has 0 aromatic heterocycles. The number of nitrogens with two attached hydrogens (primary N) is 1. The molecule has 0 fully saturated rings. The Morgan fingerprint density at radius 3 is 2.64 bits per heavy atom. The zero-order chi connectivity index (χ0) is 15.9. The maximum Gasteiger partial charge on any atom is 0.327 e. The maximum atomic E-state index is 9.38. The second-order valence-corrected chi connectivity index (χ2v) is 5.04. The number of hydrogen-bond acceptors (Lipinski definition) is 2. The van der Waals surface area contributed by atoms with Gasteiger partial charge in [-0.3, -0.25) is 0 Å². The SMILES string of the molecule is [B]/C(=C/C=C\C)Cc1cccc(-c2ccccc2[B]O)c1N. The van der Waals surface area contributed by atoms with Gasteiger partial charge in [0.2, 0.25) is 0 Å². The molecular formula is C18H18B2NO. The summed E-state index contributed by atoms with van der Waals surface area (Å²) in [5.41, 5.74) is 11.3. The van der Waals surface area contributed by atoms with Gasteiger partial charge in [-0.15, -0.1) is 5.47 Å². The van der Waals surface area contributed by atoms with Gasteiger partial charge in [0.05, 0.1) is 0 Å². The van der Waals surface area contributed by atoms with Crippen molar-refractivity contribution in [3.8, 4) is 11.1 Å². The molecule has 2 nitrogen and oxygen atoms in total. The zero-order valence-electron chi connectivity index (χ0n) is 12.7. The van der Waals surface area contributed by atoms with Crippen LogP contribution in [-0.4, -0.2) is 20.4 Å². The summed E-state index contributed by atoms with van der Waals surface area (Å²) in [7, 11) is 7.11. The number of nitrogen functional groups attached to an aromatic ring is 1. The van der Waals surface area contributed by atoms with Crippen molar-refractivity contribution in [2.24, 2.45) is 0 Å². The Kier molecular flexibility index (Phi) is 5.68. The minimum absolute atomic E-state index is 0.592. The fourth-order valence-electron chi connectivity index (χ4n) is 2.36. The second-order valence-electron chi connectivity index (χ2n) is 5.04. The summed E-state index contributed by atoms with van der Waals surface area (Å²) in [5, 5.41) is 9.38. The van der Waals surface area contributed by atoms with Crippen LogP contribution < -0.4 is 11.2 Å². The van der Waals surface area contributed by atoms with E-state index in [4.69, 9.17) is 13.6 Å². The molecule has 22 heavy (non-hydrogen) atoms. The molecule has 2 aromatic carbocycles. The van der Waals surface area contributed by atoms with Gasteiger partial charge in [-0.05, 0) is 29.9 Å². The van der Waals surface area contributed by atoms with Crippen LogP contribution in [-0.2, 0) is 6.42 Å². The predicted molar refractivity (Wildman–Crippen MR) is 96.3 cm³/mol. The van der Waals surface area contributed by atoms with Crippen LogP contribution in [0.25, 0.3) is 11.1 Å². The van der Waals surface area contributed by atoms with E-state index in [0.717, 1.165) is 35.1 Å². The van der Waals surface area contributed by atoms with Crippen molar-refractivity contribution in [1.82, 2.24) is 0 Å². The summed E-state index contributed by atoms with van der Waals surface area (Å²) in [6, 6.07) is 13.5. The molecule has 0 saturated heterocycles. The molecule has 0 aliphatic rings. The zero-order valence-corrected chi connectivity index (χ0v) is 12.7. The standard InChI is InChI=1S/C18H18B2NO/c1-2-3-8-14(19)12-13-7-6-10-16(18(13)21)15-9-4-5-11-17(15)20-22/h2-11,22H,12,21H2,1H3/b3-2-,14-8+. The third-order valence-electron chi connectivity index (χ3n) is 3.48. The second kappa shape index (κ2) is 7.71. The smallest absolute Gasteiger partial charge is 0.327 e. The lowest BCUT2D eigenvalue weighted by Crippen LogP contribution is -2.16. The number of rotatable bonds is 5. The largest absolute Gasteiger partial charge is 0.450 e. The third-order valence-corrected chi connectivity index (χ3v) is 3.48. The van der Waals surface area contributed by atoms with Crippen molar-refractivity contribution < 1.29 is 5.02 Å². The molecule has 4 heteroatoms. The van der Waals surface area contributed by atoms with Crippen LogP contribution in [0.1, 0.15) is 12.5 Å². The molecule has 107 valence electrons. The number of para-hydroxylation sites is 1. The Balaban J connectivity index is 2.42. The third kappa shape index (κ3) is 3.71. The lowest BCUT2D eigenvalue weighted by molar-refractivity contribution is 0.615. The summed E-state index contributed by atoms with van der Waals surface area (Å²) >= 11 is 0. The van der Waals surface area contributed by atoms with Crippen LogP contribution in [0.3, 0.4) is 0 Å². The van der Waals surface area contributed by atoms with Gasteiger partial charge in [-0.25, -0.2) is 0 Å². The maximum absolute atomic E-state index is 9.38. The van der Waals surface area contributed by atoms with Gasteiger partial charge < -0.3 is 10.8 Å². The summed E-state index contributed by atoms with van der Waals surface area (Å²) in [6.07, 6.45) is 6.31. The van der Waals surface area contributed by atoms with Crippen molar-refractivity contribution in [3.05, 3.63) is 71.7 Å². The highest BCUT2D eigenvalue weighted by atomic mass is 16.2. The molecule has 0 aliphatic carbocycles. The summed E-state index contributed by atoms with van der Waals surface area (Å²) < 4.78 is 0. The molecule has 0 atom stereocenters. The lowest BCUT2D eigenvalue weighted by Gasteiger charge is -2.14. The summed E-state index contributed by atoms with van der Waals surface area (Å²) in [6.45, 7) is 1.95. The molecule has 2 rings (SSSR count). The number of benzene rings is 2. The van der Waals surface area contributed by atoms with Gasteiger partial charge in [0, 0.05) is 11.3 Å². The minimum atomic E-state index is 0.592. The topological polar surface area (TPSA) is 46.2 Å². The average Bonchev–Trinajstić information content (AvgIpc) is 2.55. The first-order valence-electron chi connectivity index (χ1n) is 7.19. The fourth-order valence-corrected chi connectivity index (χ4v) is 2.36. The minimum Gasteiger partial charge on any atom is -0.450 e. The molecule has 0 saturated carbocycles. The van der Waals surface area contributed by atoms with E-state index in [-0.39, 0.29) is 0 Å². The van der Waals surface area contributed by atoms with Crippen LogP contribution in [0.15, 0.2) is 66.2 Å². The first-order chi connectivity index (χ1) is 10.7. The van der Waals surface area contributed by atoms with Crippen molar-refractivity contribution in [2.75, 3.05) is 5.73 Å². The monoisotopic (exact) mass is 286 g/mol. The molecule has 0 amide bonds. The molecule has 0 bridgehead atoms. The van der Waals surface area contributed by atoms with E-state index < -0.39 is 0 Å². The molecular weight excluding hydrogens is 268 g/mol. The molecule has 0 heterocycles. The normalized spacial score (nSPS) is 11.8. The average molecular weight is 286 g/mol. The van der Waals surface area contributed by atoms with Crippen molar-refractivity contribution in [1.29, 1.82) is 0 Å². The van der Waals surface area contributed by atoms with Gasteiger partial charge in [-0.1, -0.05) is 60.7 Å². The molecule has 3 radical (unpaired) electrons. The van der Waals surface area contributed by atoms with Gasteiger partial charge >= 0.3 is 7.48 Å². The van der Waals surface area contributed by atoms with E-state index in [1.807, 2.05) is 67.6 Å². The van der Waals surface area contributed by atoms with Crippen LogP contribution >= 0.6 is 0 Å². The van der Waals surface area contributed by atoms with Gasteiger partial charge in [-0.2, -0.15) is 0 Å². The highest BCUT2D eigenvalue weighted by Crippen LogP contribution is 2.28. The molecule has 3 N–H and O–H groups in total. The Bertz CT molecular complexity index is 708.